The number of benzene rings is 2. The Morgan fingerprint density at radius 3 is 2.88 bits per heavy atom. The molecule has 5 rings (SSSR count). The molecule has 0 spiro atoms. The molecular weight excluding hydrogens is 407 g/mol. The number of hydrogen-bond acceptors (Lipinski definition) is 6. The van der Waals surface area contributed by atoms with Crippen LogP contribution in [-0.4, -0.2) is 40.0 Å². The molecule has 1 amide bonds. The van der Waals surface area contributed by atoms with Crippen molar-refractivity contribution in [2.45, 2.75) is 12.5 Å². The largest absolute Gasteiger partial charge is 0.369 e. The molecule has 1 unspecified atom stereocenters. The van der Waals surface area contributed by atoms with Crippen LogP contribution in [0.5, 0.6) is 0 Å². The van der Waals surface area contributed by atoms with Crippen molar-refractivity contribution >= 4 is 28.3 Å². The molecule has 0 bridgehead atoms. The second kappa shape index (κ2) is 8.22. The molecule has 1 aliphatic rings. The van der Waals surface area contributed by atoms with E-state index in [-0.39, 0.29) is 11.9 Å². The fourth-order valence-corrected chi connectivity index (χ4v) is 4.16. The van der Waals surface area contributed by atoms with Crippen molar-refractivity contribution in [3.63, 3.8) is 0 Å². The SMILES string of the molecule is NC(=O)c1cccc2c(NC3CCN(c4ccc(F)c(-c5cccnc5)c4)C3)ncnc12. The number of nitrogens with zero attached hydrogens (tertiary/aromatic N) is 4. The normalized spacial score (nSPS) is 15.8. The summed E-state index contributed by atoms with van der Waals surface area (Å²) >= 11 is 0. The molecule has 1 aliphatic heterocycles. The number of carbonyl (C=O) groups is 1. The molecule has 0 aliphatic carbocycles. The highest BCUT2D eigenvalue weighted by atomic mass is 19.1. The van der Waals surface area contributed by atoms with Gasteiger partial charge in [-0.2, -0.15) is 0 Å². The lowest BCUT2D eigenvalue weighted by Crippen LogP contribution is -2.26. The van der Waals surface area contributed by atoms with Gasteiger partial charge in [-0.3, -0.25) is 9.78 Å². The molecule has 1 atom stereocenters. The van der Waals surface area contributed by atoms with Gasteiger partial charge < -0.3 is 16.0 Å². The number of hydrogen-bond donors (Lipinski definition) is 2. The minimum Gasteiger partial charge on any atom is -0.369 e. The van der Waals surface area contributed by atoms with E-state index in [1.54, 1.807) is 36.7 Å². The molecule has 3 heterocycles. The molecule has 8 heteroatoms. The second-order valence-corrected chi connectivity index (χ2v) is 7.77. The van der Waals surface area contributed by atoms with Gasteiger partial charge in [-0.05, 0) is 42.8 Å². The smallest absolute Gasteiger partial charge is 0.250 e. The fourth-order valence-electron chi connectivity index (χ4n) is 4.16. The van der Waals surface area contributed by atoms with Crippen molar-refractivity contribution < 1.29 is 9.18 Å². The number of amides is 1. The summed E-state index contributed by atoms with van der Waals surface area (Å²) in [6.45, 7) is 1.56. The van der Waals surface area contributed by atoms with Crippen LogP contribution < -0.4 is 16.0 Å². The van der Waals surface area contributed by atoms with Crippen LogP contribution in [0, 0.1) is 5.82 Å². The number of halogens is 1. The van der Waals surface area contributed by atoms with Gasteiger partial charge in [0.1, 0.15) is 18.0 Å². The second-order valence-electron chi connectivity index (χ2n) is 7.77. The third kappa shape index (κ3) is 3.71. The molecule has 160 valence electrons. The number of nitrogens with one attached hydrogen (secondary N) is 1. The zero-order valence-electron chi connectivity index (χ0n) is 17.2. The van der Waals surface area contributed by atoms with Gasteiger partial charge >= 0.3 is 0 Å². The maximum Gasteiger partial charge on any atom is 0.250 e. The number of para-hydroxylation sites is 1. The van der Waals surface area contributed by atoms with E-state index in [1.165, 1.54) is 12.4 Å². The summed E-state index contributed by atoms with van der Waals surface area (Å²) < 4.78 is 14.4. The Morgan fingerprint density at radius 1 is 1.16 bits per heavy atom. The summed E-state index contributed by atoms with van der Waals surface area (Å²) in [6, 6.07) is 14.3. The highest BCUT2D eigenvalue weighted by molar-refractivity contribution is 6.06. The van der Waals surface area contributed by atoms with Gasteiger partial charge in [-0.1, -0.05) is 12.1 Å². The van der Waals surface area contributed by atoms with E-state index in [4.69, 9.17) is 5.73 Å². The van der Waals surface area contributed by atoms with Gasteiger partial charge in [0.15, 0.2) is 0 Å². The fraction of sp³-hybridized carbons (Fsp3) is 0.167. The highest BCUT2D eigenvalue weighted by Gasteiger charge is 2.24. The molecule has 0 saturated carbocycles. The first-order valence-electron chi connectivity index (χ1n) is 10.3. The summed E-state index contributed by atoms with van der Waals surface area (Å²) in [5.74, 6) is -0.124. The number of pyridine rings is 1. The third-order valence-electron chi connectivity index (χ3n) is 5.75. The zero-order chi connectivity index (χ0) is 22.1. The molecule has 4 aromatic rings. The Bertz CT molecular complexity index is 1300. The first-order chi connectivity index (χ1) is 15.6. The Kier molecular flexibility index (Phi) is 5.10. The topological polar surface area (TPSA) is 97.0 Å². The number of carbonyl (C=O) groups excluding carboxylic acids is 1. The van der Waals surface area contributed by atoms with Crippen LogP contribution in [0.3, 0.4) is 0 Å². The monoisotopic (exact) mass is 428 g/mol. The van der Waals surface area contributed by atoms with Crippen LogP contribution in [0.2, 0.25) is 0 Å². The van der Waals surface area contributed by atoms with Crippen molar-refractivity contribution in [3.8, 4) is 11.1 Å². The van der Waals surface area contributed by atoms with Crippen LogP contribution in [-0.2, 0) is 0 Å². The van der Waals surface area contributed by atoms with E-state index in [9.17, 15) is 9.18 Å². The Hall–Kier alpha value is -4.07. The quantitative estimate of drug-likeness (QED) is 0.504. The Balaban J connectivity index is 1.37. The van der Waals surface area contributed by atoms with E-state index in [0.29, 0.717) is 22.5 Å². The molecular formula is C24H21FN6O. The summed E-state index contributed by atoms with van der Waals surface area (Å²) in [6.07, 6.45) is 5.66. The van der Waals surface area contributed by atoms with E-state index in [0.717, 1.165) is 36.1 Å². The van der Waals surface area contributed by atoms with Crippen LogP contribution in [0.15, 0.2) is 67.3 Å². The summed E-state index contributed by atoms with van der Waals surface area (Å²) in [5, 5.41) is 4.23. The lowest BCUT2D eigenvalue weighted by molar-refractivity contribution is 0.100. The molecule has 2 aromatic carbocycles. The van der Waals surface area contributed by atoms with E-state index in [2.05, 4.69) is 25.2 Å². The van der Waals surface area contributed by atoms with Gasteiger partial charge in [0.25, 0.3) is 5.91 Å². The number of primary amides is 1. The van der Waals surface area contributed by atoms with E-state index >= 15 is 0 Å². The highest BCUT2D eigenvalue weighted by Crippen LogP contribution is 2.30. The summed E-state index contributed by atoms with van der Waals surface area (Å²) in [7, 11) is 0. The Labute approximate surface area is 184 Å². The van der Waals surface area contributed by atoms with Gasteiger partial charge in [0, 0.05) is 53.7 Å². The zero-order valence-corrected chi connectivity index (χ0v) is 17.2. The maximum atomic E-state index is 14.4. The molecule has 32 heavy (non-hydrogen) atoms. The molecule has 3 N–H and O–H groups in total. The number of anilines is 2. The number of nitrogens with two attached hydrogens (primary N) is 1. The maximum absolute atomic E-state index is 14.4. The number of aromatic nitrogens is 3. The minimum atomic E-state index is -0.520. The predicted molar refractivity (Wildman–Crippen MR) is 122 cm³/mol. The third-order valence-corrected chi connectivity index (χ3v) is 5.75. The first-order valence-corrected chi connectivity index (χ1v) is 10.3. The van der Waals surface area contributed by atoms with Crippen LogP contribution in [0.25, 0.3) is 22.0 Å². The van der Waals surface area contributed by atoms with Crippen LogP contribution >= 0.6 is 0 Å². The van der Waals surface area contributed by atoms with E-state index < -0.39 is 5.91 Å². The lowest BCUT2D eigenvalue weighted by atomic mass is 10.1. The standard InChI is InChI=1S/C24H21FN6O/c25-21-7-6-17(11-20(21)15-3-2-9-27-12-15)31-10-8-16(13-31)30-24-19-5-1-4-18(23(26)32)22(19)28-14-29-24/h1-7,9,11-12,14,16H,8,10,13H2,(H2,26,32)(H,28,29,30). The minimum absolute atomic E-state index is 0.136. The van der Waals surface area contributed by atoms with Crippen LogP contribution in [0.4, 0.5) is 15.9 Å². The van der Waals surface area contributed by atoms with Gasteiger partial charge in [-0.25, -0.2) is 14.4 Å². The van der Waals surface area contributed by atoms with Crippen molar-refractivity contribution in [3.05, 3.63) is 78.6 Å². The summed E-state index contributed by atoms with van der Waals surface area (Å²) in [5.41, 5.74) is 8.63. The van der Waals surface area contributed by atoms with Gasteiger partial charge in [0.2, 0.25) is 0 Å². The molecule has 7 nitrogen and oxygen atoms in total. The first kappa shape index (κ1) is 19.9. The average molecular weight is 428 g/mol. The van der Waals surface area contributed by atoms with Crippen molar-refractivity contribution in [1.82, 2.24) is 15.0 Å². The molecule has 0 radical (unpaired) electrons. The van der Waals surface area contributed by atoms with Crippen molar-refractivity contribution in [2.75, 3.05) is 23.3 Å². The van der Waals surface area contributed by atoms with Crippen molar-refractivity contribution in [1.29, 1.82) is 0 Å². The van der Waals surface area contributed by atoms with Crippen LogP contribution in [0.1, 0.15) is 16.8 Å². The molecule has 2 aromatic heterocycles. The van der Waals surface area contributed by atoms with Crippen molar-refractivity contribution in [2.24, 2.45) is 5.73 Å². The number of fused-ring (bicyclic) bond motifs is 1. The van der Waals surface area contributed by atoms with Gasteiger partial charge in [-0.15, -0.1) is 0 Å². The lowest BCUT2D eigenvalue weighted by Gasteiger charge is -2.21. The van der Waals surface area contributed by atoms with Gasteiger partial charge in [0.05, 0.1) is 11.1 Å². The predicted octanol–water partition coefficient (Wildman–Crippen LogP) is 3.62. The average Bonchev–Trinajstić information content (AvgIpc) is 3.28. The molecule has 1 fully saturated rings. The van der Waals surface area contributed by atoms with E-state index in [1.807, 2.05) is 18.2 Å². The number of rotatable bonds is 5. The summed E-state index contributed by atoms with van der Waals surface area (Å²) in [4.78, 5) is 26.7. The molecule has 1 saturated heterocycles. The Morgan fingerprint density at radius 2 is 2.06 bits per heavy atom.